The smallest absolute Gasteiger partial charge is 0.410 e. The van der Waals surface area contributed by atoms with Gasteiger partial charge in [-0.3, -0.25) is 14.7 Å². The molecule has 0 radical (unpaired) electrons. The summed E-state index contributed by atoms with van der Waals surface area (Å²) in [5, 5.41) is 10.2. The first kappa shape index (κ1) is 36.9. The number of imidazole rings is 1. The number of rotatable bonds is 7. The van der Waals surface area contributed by atoms with Crippen molar-refractivity contribution in [2.24, 2.45) is 5.41 Å². The van der Waals surface area contributed by atoms with Crippen LogP contribution in [0.3, 0.4) is 0 Å². The number of benzene rings is 1. The monoisotopic (exact) mass is 767 g/mol. The van der Waals surface area contributed by atoms with Gasteiger partial charge in [-0.05, 0) is 63.3 Å². The van der Waals surface area contributed by atoms with E-state index in [9.17, 15) is 18.4 Å². The first-order chi connectivity index (χ1) is 26.0. The van der Waals surface area contributed by atoms with Crippen LogP contribution in [0, 0.1) is 11.2 Å². The predicted molar refractivity (Wildman–Crippen MR) is 193 cm³/mol. The number of likely N-dealkylation sites (tertiary alicyclic amines) is 2. The molecule has 0 bridgehead atoms. The average molecular weight is 768 g/mol. The van der Waals surface area contributed by atoms with E-state index in [1.54, 1.807) is 52.2 Å². The molecule has 55 heavy (non-hydrogen) atoms. The molecule has 1 aliphatic carbocycles. The standard InChI is InChI=1S/C38H42F5N9O3/c1-35(2,3)55-34(54)50-13-11-36(38(42,43)21-50)19-49(20-36)18-22-14-25(39)31(45-16-22)24-6-5-7-27-23(24)9-12-51(27)30-15-26(44-4)32-46-17-28(52(32)48-30)33(53)47-29-8-10-37(29,40)41/h5-7,14-17,29,44H,8-13,18-21H2,1-4H3,(H,47,53). The van der Waals surface area contributed by atoms with Crippen molar-refractivity contribution in [3.8, 4) is 11.3 Å². The van der Waals surface area contributed by atoms with Crippen molar-refractivity contribution in [1.82, 2.24) is 34.7 Å². The highest BCUT2D eigenvalue weighted by atomic mass is 19.3. The molecule has 3 aromatic heterocycles. The van der Waals surface area contributed by atoms with Crippen LogP contribution in [0.4, 0.5) is 43.9 Å². The van der Waals surface area contributed by atoms with Gasteiger partial charge in [-0.2, -0.15) is 0 Å². The first-order valence-electron chi connectivity index (χ1n) is 18.4. The molecule has 3 fully saturated rings. The fourth-order valence-electron chi connectivity index (χ4n) is 8.07. The topological polar surface area (TPSA) is 120 Å². The number of alkyl halides is 4. The highest BCUT2D eigenvalue weighted by Gasteiger charge is 2.63. The van der Waals surface area contributed by atoms with Crippen molar-refractivity contribution in [3.63, 3.8) is 0 Å². The fraction of sp³-hybridized carbons (Fsp3) is 0.500. The van der Waals surface area contributed by atoms with Gasteiger partial charge < -0.3 is 25.2 Å². The van der Waals surface area contributed by atoms with E-state index in [0.29, 0.717) is 41.2 Å². The molecular formula is C38H42F5N9O3. The lowest BCUT2D eigenvalue weighted by molar-refractivity contribution is -0.223. The van der Waals surface area contributed by atoms with Gasteiger partial charge in [0, 0.05) is 69.7 Å². The number of pyridine rings is 1. The number of anilines is 3. The summed E-state index contributed by atoms with van der Waals surface area (Å²) in [6, 6.07) is 7.39. The lowest BCUT2D eigenvalue weighted by Crippen LogP contribution is -2.70. The van der Waals surface area contributed by atoms with Crippen LogP contribution in [0.5, 0.6) is 0 Å². The molecular weight excluding hydrogens is 725 g/mol. The van der Waals surface area contributed by atoms with Gasteiger partial charge in [-0.1, -0.05) is 12.1 Å². The normalized spacial score (nSPS) is 21.2. The molecule has 17 heteroatoms. The number of carbonyl (C=O) groups is 2. The van der Waals surface area contributed by atoms with E-state index in [1.165, 1.54) is 16.8 Å². The predicted octanol–water partition coefficient (Wildman–Crippen LogP) is 6.27. The molecule has 1 unspecified atom stereocenters. The Bertz CT molecular complexity index is 2180. The van der Waals surface area contributed by atoms with Crippen molar-refractivity contribution in [2.75, 3.05) is 50.0 Å². The molecule has 12 nitrogen and oxygen atoms in total. The van der Waals surface area contributed by atoms with Crippen LogP contribution < -0.4 is 15.5 Å². The molecule has 6 heterocycles. The molecule has 4 aliphatic rings. The zero-order valence-corrected chi connectivity index (χ0v) is 30.9. The molecule has 3 aliphatic heterocycles. The number of amides is 2. The second-order valence-electron chi connectivity index (χ2n) is 16.0. The average Bonchev–Trinajstić information content (AvgIpc) is 3.74. The van der Waals surface area contributed by atoms with Gasteiger partial charge in [0.1, 0.15) is 17.1 Å². The van der Waals surface area contributed by atoms with Gasteiger partial charge in [0.15, 0.2) is 17.2 Å². The minimum atomic E-state index is -3.10. The van der Waals surface area contributed by atoms with Gasteiger partial charge in [0.05, 0.1) is 29.9 Å². The minimum absolute atomic E-state index is 0.0151. The molecule has 1 aromatic carbocycles. The number of aromatic nitrogens is 4. The van der Waals surface area contributed by atoms with Crippen LogP contribution in [-0.4, -0.2) is 105 Å². The van der Waals surface area contributed by atoms with E-state index in [0.717, 1.165) is 16.2 Å². The van der Waals surface area contributed by atoms with Gasteiger partial charge in [-0.15, -0.1) is 5.10 Å². The lowest BCUT2D eigenvalue weighted by Gasteiger charge is -2.57. The minimum Gasteiger partial charge on any atom is -0.444 e. The van der Waals surface area contributed by atoms with Crippen molar-refractivity contribution >= 4 is 34.8 Å². The molecule has 8 rings (SSSR count). The van der Waals surface area contributed by atoms with E-state index in [4.69, 9.17) is 9.84 Å². The maximum Gasteiger partial charge on any atom is 0.410 e. The zero-order chi connectivity index (χ0) is 39.1. The van der Waals surface area contributed by atoms with Gasteiger partial charge in [-0.25, -0.2) is 36.2 Å². The highest BCUT2D eigenvalue weighted by molar-refractivity contribution is 5.94. The Morgan fingerprint density at radius 2 is 1.80 bits per heavy atom. The Hall–Kier alpha value is -5.06. The highest BCUT2D eigenvalue weighted by Crippen LogP contribution is 2.51. The van der Waals surface area contributed by atoms with E-state index in [1.807, 2.05) is 15.9 Å². The first-order valence-corrected chi connectivity index (χ1v) is 18.4. The largest absolute Gasteiger partial charge is 0.444 e. The summed E-state index contributed by atoms with van der Waals surface area (Å²) in [6.07, 6.45) is 2.70. The Morgan fingerprint density at radius 3 is 2.45 bits per heavy atom. The Labute approximate surface area is 314 Å². The second kappa shape index (κ2) is 13.0. The van der Waals surface area contributed by atoms with Gasteiger partial charge in [0.2, 0.25) is 0 Å². The summed E-state index contributed by atoms with van der Waals surface area (Å²) in [5.41, 5.74) is 1.80. The number of nitrogens with zero attached hydrogens (tertiary/aromatic N) is 7. The summed E-state index contributed by atoms with van der Waals surface area (Å²) in [7, 11) is 1.70. The van der Waals surface area contributed by atoms with Crippen molar-refractivity contribution < 1.29 is 36.3 Å². The van der Waals surface area contributed by atoms with E-state index in [-0.39, 0.29) is 56.8 Å². The van der Waals surface area contributed by atoms with E-state index in [2.05, 4.69) is 20.6 Å². The number of hydrogen-bond acceptors (Lipinski definition) is 9. The summed E-state index contributed by atoms with van der Waals surface area (Å²) in [5.74, 6) is -6.84. The van der Waals surface area contributed by atoms with E-state index >= 15 is 13.2 Å². The molecule has 1 saturated carbocycles. The molecule has 1 spiro atoms. The Balaban J connectivity index is 0.973. The van der Waals surface area contributed by atoms with Crippen molar-refractivity contribution in [2.45, 2.75) is 76.5 Å². The number of piperidine rings is 1. The van der Waals surface area contributed by atoms with Crippen LogP contribution in [-0.2, 0) is 17.7 Å². The van der Waals surface area contributed by atoms with Crippen LogP contribution in [0.1, 0.15) is 61.6 Å². The molecule has 1 atom stereocenters. The molecule has 2 saturated heterocycles. The third-order valence-electron chi connectivity index (χ3n) is 11.1. The van der Waals surface area contributed by atoms with Gasteiger partial charge >= 0.3 is 6.09 Å². The van der Waals surface area contributed by atoms with Gasteiger partial charge in [0.25, 0.3) is 17.8 Å². The number of nitrogens with one attached hydrogen (secondary N) is 2. The third-order valence-corrected chi connectivity index (χ3v) is 11.1. The molecule has 4 aromatic rings. The van der Waals surface area contributed by atoms with Crippen LogP contribution >= 0.6 is 0 Å². The van der Waals surface area contributed by atoms with Crippen molar-refractivity contribution in [1.29, 1.82) is 0 Å². The van der Waals surface area contributed by atoms with Crippen molar-refractivity contribution in [3.05, 3.63) is 65.4 Å². The van der Waals surface area contributed by atoms with E-state index < -0.39 is 53.3 Å². The summed E-state index contributed by atoms with van der Waals surface area (Å²) in [6.45, 7) is 5.51. The number of halogens is 5. The molecule has 2 amide bonds. The quantitative estimate of drug-likeness (QED) is 0.210. The number of fused-ring (bicyclic) bond motifs is 2. The summed E-state index contributed by atoms with van der Waals surface area (Å²) in [4.78, 5) is 39.2. The summed E-state index contributed by atoms with van der Waals surface area (Å²) >= 11 is 0. The lowest BCUT2D eigenvalue weighted by atomic mass is 9.69. The maximum absolute atomic E-state index is 15.9. The Morgan fingerprint density at radius 1 is 1.02 bits per heavy atom. The third kappa shape index (κ3) is 6.49. The van der Waals surface area contributed by atoms with Crippen LogP contribution in [0.25, 0.3) is 16.9 Å². The SMILES string of the molecule is CNc1cc(N2CCc3c(-c4ncc(CN5CC6(CCN(C(=O)OC(C)(C)C)CC6(F)F)C5)cc4F)cccc32)nn2c(C(=O)NC3CCC3(F)F)cnc12. The molecule has 2 N–H and O–H groups in total. The maximum atomic E-state index is 15.9. The zero-order valence-electron chi connectivity index (χ0n) is 30.9. The molecule has 292 valence electrons. The van der Waals surface area contributed by atoms with Crippen LogP contribution in [0.2, 0.25) is 0 Å². The van der Waals surface area contributed by atoms with Crippen LogP contribution in [0.15, 0.2) is 42.7 Å². The second-order valence-corrected chi connectivity index (χ2v) is 16.0. The number of hydrogen-bond donors (Lipinski definition) is 2. The number of ether oxygens (including phenoxy) is 1. The summed E-state index contributed by atoms with van der Waals surface area (Å²) < 4.78 is 81.2. The number of carbonyl (C=O) groups excluding carboxylic acids is 2. The Kier molecular flexibility index (Phi) is 8.73. The fourth-order valence-corrected chi connectivity index (χ4v) is 8.07.